The van der Waals surface area contributed by atoms with Gasteiger partial charge in [0.05, 0.1) is 11.1 Å². The molecule has 0 radical (unpaired) electrons. The van der Waals surface area contributed by atoms with Crippen LogP contribution in [0.5, 0.6) is 6.01 Å². The molecule has 0 fully saturated rings. The first kappa shape index (κ1) is 9.91. The average Bonchev–Trinajstić information content (AvgIpc) is 2.08. The lowest BCUT2D eigenvalue weighted by molar-refractivity contribution is 0.0687. The summed E-state index contributed by atoms with van der Waals surface area (Å²) < 4.78 is 5.28. The van der Waals surface area contributed by atoms with Crippen molar-refractivity contribution < 1.29 is 14.6 Å². The van der Waals surface area contributed by atoms with Gasteiger partial charge in [-0.2, -0.15) is 4.98 Å². The van der Waals surface area contributed by atoms with Crippen LogP contribution in [0.1, 0.15) is 17.4 Å². The van der Waals surface area contributed by atoms with E-state index < -0.39 is 5.97 Å². The van der Waals surface area contributed by atoms with Crippen LogP contribution in [-0.2, 0) is 0 Å². The molecule has 13 heavy (non-hydrogen) atoms. The van der Waals surface area contributed by atoms with E-state index in [0.717, 1.165) is 0 Å². The van der Waals surface area contributed by atoms with Crippen LogP contribution >= 0.6 is 15.9 Å². The van der Waals surface area contributed by atoms with Crippen molar-refractivity contribution in [2.75, 3.05) is 6.61 Å². The number of aromatic carboxylic acids is 1. The maximum Gasteiger partial charge on any atom is 0.355 e. The lowest BCUT2D eigenvalue weighted by Crippen LogP contribution is -2.05. The Morgan fingerprint density at radius 3 is 3.00 bits per heavy atom. The van der Waals surface area contributed by atoms with Gasteiger partial charge in [-0.05, 0) is 22.9 Å². The Morgan fingerprint density at radius 1 is 1.77 bits per heavy atom. The highest BCUT2D eigenvalue weighted by Gasteiger charge is 2.12. The molecule has 1 heterocycles. The summed E-state index contributed by atoms with van der Waals surface area (Å²) in [5, 5.41) is 8.68. The molecule has 0 aliphatic heterocycles. The van der Waals surface area contributed by atoms with Crippen molar-refractivity contribution in [1.82, 2.24) is 9.97 Å². The van der Waals surface area contributed by atoms with Crippen molar-refractivity contribution in [2.45, 2.75) is 6.92 Å². The van der Waals surface area contributed by atoms with Gasteiger partial charge in [0.2, 0.25) is 0 Å². The SMILES string of the molecule is CCOc1ncc(Br)c(C(=O)O)n1. The molecule has 0 spiro atoms. The first-order valence-corrected chi connectivity index (χ1v) is 4.33. The van der Waals surface area contributed by atoms with Crippen molar-refractivity contribution in [3.8, 4) is 6.01 Å². The molecule has 0 aliphatic carbocycles. The highest BCUT2D eigenvalue weighted by Crippen LogP contribution is 2.15. The van der Waals surface area contributed by atoms with Gasteiger partial charge in [0.25, 0.3) is 0 Å². The third kappa shape index (κ3) is 2.38. The predicted octanol–water partition coefficient (Wildman–Crippen LogP) is 1.34. The van der Waals surface area contributed by atoms with Crippen LogP contribution in [-0.4, -0.2) is 27.7 Å². The molecule has 70 valence electrons. The minimum absolute atomic E-state index is 0.0723. The summed E-state index contributed by atoms with van der Waals surface area (Å²) in [6.07, 6.45) is 1.35. The van der Waals surface area contributed by atoms with E-state index in [9.17, 15) is 4.79 Å². The van der Waals surface area contributed by atoms with Gasteiger partial charge in [-0.3, -0.25) is 0 Å². The molecule has 1 N–H and O–H groups in total. The molecule has 1 aromatic heterocycles. The van der Waals surface area contributed by atoms with E-state index in [1.807, 2.05) is 0 Å². The van der Waals surface area contributed by atoms with Gasteiger partial charge >= 0.3 is 12.0 Å². The summed E-state index contributed by atoms with van der Waals surface area (Å²) in [5.41, 5.74) is -0.0987. The second kappa shape index (κ2) is 4.18. The van der Waals surface area contributed by atoms with Crippen LogP contribution in [0.15, 0.2) is 10.7 Å². The summed E-state index contributed by atoms with van der Waals surface area (Å²) in [5.74, 6) is -1.12. The molecule has 1 rings (SSSR count). The van der Waals surface area contributed by atoms with E-state index in [-0.39, 0.29) is 11.7 Å². The normalized spacial score (nSPS) is 9.69. The molecule has 5 nitrogen and oxygen atoms in total. The van der Waals surface area contributed by atoms with Gasteiger partial charge in [-0.25, -0.2) is 9.78 Å². The Morgan fingerprint density at radius 2 is 2.46 bits per heavy atom. The third-order valence-electron chi connectivity index (χ3n) is 1.20. The first-order chi connectivity index (χ1) is 6.15. The van der Waals surface area contributed by atoms with Crippen LogP contribution in [0.4, 0.5) is 0 Å². The molecule has 0 aliphatic rings. The quantitative estimate of drug-likeness (QED) is 0.872. The number of hydrogen-bond donors (Lipinski definition) is 1. The lowest BCUT2D eigenvalue weighted by atomic mass is 10.4. The molecule has 0 aromatic carbocycles. The minimum Gasteiger partial charge on any atom is -0.476 e. The lowest BCUT2D eigenvalue weighted by Gasteiger charge is -2.02. The maximum absolute atomic E-state index is 10.6. The number of carboxylic acids is 1. The van der Waals surface area contributed by atoms with Gasteiger partial charge in [-0.1, -0.05) is 0 Å². The van der Waals surface area contributed by atoms with E-state index in [2.05, 4.69) is 25.9 Å². The van der Waals surface area contributed by atoms with Crippen LogP contribution in [0.2, 0.25) is 0 Å². The van der Waals surface area contributed by atoms with Gasteiger partial charge in [0.1, 0.15) is 0 Å². The fourth-order valence-corrected chi connectivity index (χ4v) is 1.06. The Labute approximate surface area is 82.9 Å². The molecule has 0 saturated heterocycles. The Balaban J connectivity index is 3.04. The standard InChI is InChI=1S/C7H7BrN2O3/c1-2-13-7-9-3-4(8)5(10-7)6(11)12/h3H,2H2,1H3,(H,11,12). The molecule has 1 aromatic rings. The minimum atomic E-state index is -1.12. The van der Waals surface area contributed by atoms with E-state index in [1.165, 1.54) is 6.20 Å². The predicted molar refractivity (Wildman–Crippen MR) is 47.9 cm³/mol. The molecule has 0 bridgehead atoms. The summed E-state index contributed by atoms with van der Waals surface area (Å²) >= 11 is 3.02. The Hall–Kier alpha value is -1.17. The highest BCUT2D eigenvalue weighted by atomic mass is 79.9. The zero-order valence-electron chi connectivity index (χ0n) is 6.82. The largest absolute Gasteiger partial charge is 0.476 e. The molecule has 0 amide bonds. The smallest absolute Gasteiger partial charge is 0.355 e. The number of aromatic nitrogens is 2. The van der Waals surface area contributed by atoms with Crippen LogP contribution in [0.3, 0.4) is 0 Å². The summed E-state index contributed by atoms with van der Waals surface area (Å²) in [7, 11) is 0. The molecular formula is C7H7BrN2O3. The number of nitrogens with zero attached hydrogens (tertiary/aromatic N) is 2. The monoisotopic (exact) mass is 246 g/mol. The second-order valence-electron chi connectivity index (χ2n) is 2.09. The number of carbonyl (C=O) groups is 1. The van der Waals surface area contributed by atoms with E-state index in [0.29, 0.717) is 11.1 Å². The fourth-order valence-electron chi connectivity index (χ4n) is 0.700. The van der Waals surface area contributed by atoms with Gasteiger partial charge in [0, 0.05) is 6.20 Å². The molecule has 6 heteroatoms. The van der Waals surface area contributed by atoms with Crippen molar-refractivity contribution in [1.29, 1.82) is 0 Å². The fraction of sp³-hybridized carbons (Fsp3) is 0.286. The van der Waals surface area contributed by atoms with Gasteiger partial charge < -0.3 is 9.84 Å². The summed E-state index contributed by atoms with van der Waals surface area (Å²) in [6, 6.07) is 0.0723. The summed E-state index contributed by atoms with van der Waals surface area (Å²) in [4.78, 5) is 18.1. The van der Waals surface area contributed by atoms with Crippen molar-refractivity contribution in [2.24, 2.45) is 0 Å². The van der Waals surface area contributed by atoms with E-state index in [1.54, 1.807) is 6.92 Å². The van der Waals surface area contributed by atoms with Crippen LogP contribution in [0, 0.1) is 0 Å². The zero-order chi connectivity index (χ0) is 9.84. The molecule has 0 atom stereocenters. The van der Waals surface area contributed by atoms with Crippen LogP contribution < -0.4 is 4.74 Å². The van der Waals surface area contributed by atoms with Crippen molar-refractivity contribution in [3.63, 3.8) is 0 Å². The topological polar surface area (TPSA) is 72.3 Å². The maximum atomic E-state index is 10.6. The van der Waals surface area contributed by atoms with Gasteiger partial charge in [-0.15, -0.1) is 0 Å². The Bertz CT molecular complexity index is 330. The molecule has 0 saturated carbocycles. The van der Waals surface area contributed by atoms with Crippen molar-refractivity contribution >= 4 is 21.9 Å². The first-order valence-electron chi connectivity index (χ1n) is 3.53. The highest BCUT2D eigenvalue weighted by molar-refractivity contribution is 9.10. The van der Waals surface area contributed by atoms with Crippen molar-refractivity contribution in [3.05, 3.63) is 16.4 Å². The number of hydrogen-bond acceptors (Lipinski definition) is 4. The molecule has 0 unspecified atom stereocenters. The number of rotatable bonds is 3. The van der Waals surface area contributed by atoms with E-state index >= 15 is 0 Å². The van der Waals surface area contributed by atoms with Gasteiger partial charge in [0.15, 0.2) is 5.69 Å². The Kier molecular flexibility index (Phi) is 3.18. The second-order valence-corrected chi connectivity index (χ2v) is 2.94. The summed E-state index contributed by atoms with van der Waals surface area (Å²) in [6.45, 7) is 2.17. The number of carboxylic acid groups (broad SMARTS) is 1. The average molecular weight is 247 g/mol. The van der Waals surface area contributed by atoms with Crippen LogP contribution in [0.25, 0.3) is 0 Å². The number of ether oxygens (including phenoxy) is 1. The zero-order valence-corrected chi connectivity index (χ0v) is 8.41. The molecular weight excluding hydrogens is 240 g/mol. The number of halogens is 1. The van der Waals surface area contributed by atoms with E-state index in [4.69, 9.17) is 9.84 Å². The third-order valence-corrected chi connectivity index (χ3v) is 1.78.